The number of ether oxygens (including phenoxy) is 1. The molecule has 3 heteroatoms. The van der Waals surface area contributed by atoms with Crippen LogP contribution in [0.1, 0.15) is 86.2 Å². The highest BCUT2D eigenvalue weighted by molar-refractivity contribution is 5.91. The van der Waals surface area contributed by atoms with Crippen LogP contribution in [0.25, 0.3) is 0 Å². The summed E-state index contributed by atoms with van der Waals surface area (Å²) in [5, 5.41) is 0. The summed E-state index contributed by atoms with van der Waals surface area (Å²) in [6.45, 7) is 4.10. The minimum Gasteiger partial charge on any atom is -0.420 e. The van der Waals surface area contributed by atoms with Crippen LogP contribution in [-0.2, 0) is 6.42 Å². The summed E-state index contributed by atoms with van der Waals surface area (Å²) in [6, 6.07) is 12.6. The maximum atomic E-state index is 14.4. The lowest BCUT2D eigenvalue weighted by molar-refractivity contribution is 0.0727. The SMILES string of the molecule is C/C=C/CCc1ccc(OC(=O)c2ccc(C3CCC4CC(/C=C/C)CCC4C3)cc2)c(F)c1. The van der Waals surface area contributed by atoms with E-state index in [0.29, 0.717) is 11.5 Å². The first-order valence-electron chi connectivity index (χ1n) is 12.9. The van der Waals surface area contributed by atoms with Crippen molar-refractivity contribution in [3.8, 4) is 5.75 Å². The molecule has 4 unspecified atom stereocenters. The Morgan fingerprint density at radius 2 is 1.74 bits per heavy atom. The smallest absolute Gasteiger partial charge is 0.343 e. The summed E-state index contributed by atoms with van der Waals surface area (Å²) in [5.74, 6) is 2.00. The average Bonchev–Trinajstić information content (AvgIpc) is 2.86. The van der Waals surface area contributed by atoms with E-state index < -0.39 is 11.8 Å². The monoisotopic (exact) mass is 460 g/mol. The van der Waals surface area contributed by atoms with E-state index in [1.54, 1.807) is 6.07 Å². The number of hydrogen-bond donors (Lipinski definition) is 0. The van der Waals surface area contributed by atoms with Gasteiger partial charge < -0.3 is 4.74 Å². The second-order valence-electron chi connectivity index (χ2n) is 10.0. The molecule has 2 fully saturated rings. The molecule has 0 radical (unpaired) electrons. The Kier molecular flexibility index (Phi) is 8.37. The van der Waals surface area contributed by atoms with Gasteiger partial charge in [0.1, 0.15) is 0 Å². The Morgan fingerprint density at radius 1 is 0.971 bits per heavy atom. The first kappa shape index (κ1) is 24.4. The van der Waals surface area contributed by atoms with E-state index in [4.69, 9.17) is 4.74 Å². The molecule has 0 spiro atoms. The van der Waals surface area contributed by atoms with E-state index in [0.717, 1.165) is 36.2 Å². The van der Waals surface area contributed by atoms with Crippen molar-refractivity contribution in [2.24, 2.45) is 17.8 Å². The zero-order valence-electron chi connectivity index (χ0n) is 20.5. The summed E-state index contributed by atoms with van der Waals surface area (Å²) in [4.78, 5) is 12.6. The number of aryl methyl sites for hydroxylation is 1. The topological polar surface area (TPSA) is 26.3 Å². The van der Waals surface area contributed by atoms with E-state index in [-0.39, 0.29) is 5.75 Å². The van der Waals surface area contributed by atoms with E-state index >= 15 is 0 Å². The lowest BCUT2D eigenvalue weighted by atomic mass is 9.64. The fraction of sp³-hybridized carbons (Fsp3) is 0.452. The van der Waals surface area contributed by atoms with Crippen molar-refractivity contribution in [3.63, 3.8) is 0 Å². The highest BCUT2D eigenvalue weighted by Crippen LogP contribution is 2.47. The number of hydrogen-bond acceptors (Lipinski definition) is 2. The highest BCUT2D eigenvalue weighted by atomic mass is 19.1. The van der Waals surface area contributed by atoms with Gasteiger partial charge in [-0.2, -0.15) is 0 Å². The molecule has 2 aliphatic carbocycles. The first-order valence-corrected chi connectivity index (χ1v) is 12.9. The zero-order valence-corrected chi connectivity index (χ0v) is 20.5. The summed E-state index contributed by atoms with van der Waals surface area (Å²) < 4.78 is 19.8. The van der Waals surface area contributed by atoms with Gasteiger partial charge >= 0.3 is 5.97 Å². The van der Waals surface area contributed by atoms with Crippen molar-refractivity contribution >= 4 is 5.97 Å². The molecule has 4 rings (SSSR count). The Labute approximate surface area is 203 Å². The Hall–Kier alpha value is -2.68. The van der Waals surface area contributed by atoms with Crippen molar-refractivity contribution in [2.45, 2.75) is 71.1 Å². The van der Waals surface area contributed by atoms with E-state index in [1.807, 2.05) is 31.2 Å². The summed E-state index contributed by atoms with van der Waals surface area (Å²) >= 11 is 0. The van der Waals surface area contributed by atoms with Crippen LogP contribution >= 0.6 is 0 Å². The van der Waals surface area contributed by atoms with Crippen LogP contribution < -0.4 is 4.74 Å². The maximum absolute atomic E-state index is 14.4. The van der Waals surface area contributed by atoms with Gasteiger partial charge in [-0.15, -0.1) is 0 Å². The first-order chi connectivity index (χ1) is 16.6. The number of allylic oxidation sites excluding steroid dienone is 4. The van der Waals surface area contributed by atoms with Gasteiger partial charge in [0, 0.05) is 0 Å². The number of rotatable bonds is 7. The molecule has 2 aliphatic rings. The lowest BCUT2D eigenvalue weighted by Crippen LogP contribution is -2.30. The van der Waals surface area contributed by atoms with Crippen molar-refractivity contribution < 1.29 is 13.9 Å². The fourth-order valence-corrected chi connectivity index (χ4v) is 5.92. The van der Waals surface area contributed by atoms with Crippen molar-refractivity contribution in [1.29, 1.82) is 0 Å². The van der Waals surface area contributed by atoms with Gasteiger partial charge in [0.25, 0.3) is 0 Å². The standard InChI is InChI=1S/C31H37FO2/c1-3-5-6-8-23-10-18-30(29(32)20-23)34-31(33)25-14-12-24(13-15-25)27-17-16-26-19-22(7-4-2)9-11-28(26)21-27/h3-5,7,10,12-15,18,20,22,26-28H,6,8-9,11,16-17,19,21H2,1-2H3/b5-3+,7-4+. The molecule has 0 heterocycles. The molecule has 2 aromatic carbocycles. The molecule has 0 aliphatic heterocycles. The van der Waals surface area contributed by atoms with E-state index in [9.17, 15) is 9.18 Å². The minimum atomic E-state index is -0.516. The van der Waals surface area contributed by atoms with Crippen molar-refractivity contribution in [3.05, 3.63) is 89.3 Å². The second-order valence-corrected chi connectivity index (χ2v) is 10.0. The summed E-state index contributed by atoms with van der Waals surface area (Å²) in [6.07, 6.45) is 18.0. The molecule has 0 bridgehead atoms. The van der Waals surface area contributed by atoms with Crippen LogP contribution in [0.15, 0.2) is 66.8 Å². The number of halogens is 1. The fourth-order valence-electron chi connectivity index (χ4n) is 5.92. The third-order valence-corrected chi connectivity index (χ3v) is 7.77. The third kappa shape index (κ3) is 6.05. The van der Waals surface area contributed by atoms with Gasteiger partial charge in [-0.25, -0.2) is 9.18 Å². The van der Waals surface area contributed by atoms with E-state index in [1.165, 1.54) is 50.2 Å². The predicted molar refractivity (Wildman–Crippen MR) is 137 cm³/mol. The molecule has 4 atom stereocenters. The van der Waals surface area contributed by atoms with Crippen LogP contribution in [0, 0.1) is 23.6 Å². The van der Waals surface area contributed by atoms with Crippen molar-refractivity contribution in [1.82, 2.24) is 0 Å². The van der Waals surface area contributed by atoms with Gasteiger partial charge in [-0.05, 0) is 124 Å². The van der Waals surface area contributed by atoms with Gasteiger partial charge in [-0.1, -0.05) is 42.5 Å². The molecule has 180 valence electrons. The molecule has 2 saturated carbocycles. The molecule has 0 aromatic heterocycles. The third-order valence-electron chi connectivity index (χ3n) is 7.77. The second kappa shape index (κ2) is 11.6. The lowest BCUT2D eigenvalue weighted by Gasteiger charge is -2.41. The van der Waals surface area contributed by atoms with E-state index in [2.05, 4.69) is 37.3 Å². The highest BCUT2D eigenvalue weighted by Gasteiger charge is 2.35. The normalized spacial score (nSPS) is 24.9. The van der Waals surface area contributed by atoms with Crippen LogP contribution in [0.2, 0.25) is 0 Å². The number of benzene rings is 2. The number of carbonyl (C=O) groups is 1. The summed E-state index contributed by atoms with van der Waals surface area (Å²) in [5.41, 5.74) is 2.66. The van der Waals surface area contributed by atoms with Gasteiger partial charge in [0.15, 0.2) is 11.6 Å². The molecule has 0 N–H and O–H groups in total. The molecule has 2 nitrogen and oxygen atoms in total. The van der Waals surface area contributed by atoms with Gasteiger partial charge in [-0.3, -0.25) is 0 Å². The average molecular weight is 461 g/mol. The zero-order chi connectivity index (χ0) is 23.9. The van der Waals surface area contributed by atoms with Crippen LogP contribution in [0.3, 0.4) is 0 Å². The maximum Gasteiger partial charge on any atom is 0.343 e. The van der Waals surface area contributed by atoms with Crippen LogP contribution in [0.4, 0.5) is 4.39 Å². The molecule has 34 heavy (non-hydrogen) atoms. The number of carbonyl (C=O) groups excluding carboxylic acids is 1. The quantitative estimate of drug-likeness (QED) is 0.235. The van der Waals surface area contributed by atoms with Gasteiger partial charge in [0.05, 0.1) is 5.56 Å². The minimum absolute atomic E-state index is 0.0179. The van der Waals surface area contributed by atoms with Crippen molar-refractivity contribution in [2.75, 3.05) is 0 Å². The number of esters is 1. The summed E-state index contributed by atoms with van der Waals surface area (Å²) in [7, 11) is 0. The number of fused-ring (bicyclic) bond motifs is 1. The largest absolute Gasteiger partial charge is 0.420 e. The molecule has 2 aromatic rings. The Bertz CT molecular complexity index is 1020. The molecular weight excluding hydrogens is 423 g/mol. The van der Waals surface area contributed by atoms with Crippen LogP contribution in [-0.4, -0.2) is 5.97 Å². The van der Waals surface area contributed by atoms with Gasteiger partial charge in [0.2, 0.25) is 0 Å². The molecule has 0 saturated heterocycles. The Balaban J connectivity index is 1.33. The molecule has 0 amide bonds. The van der Waals surface area contributed by atoms with Crippen LogP contribution in [0.5, 0.6) is 5.75 Å². The Morgan fingerprint density at radius 3 is 2.47 bits per heavy atom. The molecular formula is C31H37FO2. The predicted octanol–water partition coefficient (Wildman–Crippen LogP) is 8.43.